The molecule has 2 aromatic heterocycles. The number of hydrogen-bond donors (Lipinski definition) is 3. The van der Waals surface area contributed by atoms with Crippen LogP contribution in [0.4, 0.5) is 20.8 Å². The topological polar surface area (TPSA) is 108 Å². The predicted molar refractivity (Wildman–Crippen MR) is 135 cm³/mol. The van der Waals surface area contributed by atoms with E-state index in [0.717, 1.165) is 18.4 Å². The summed E-state index contributed by atoms with van der Waals surface area (Å²) in [4.78, 5) is 23.8. The molecular formula is C27H31FN4O4. The van der Waals surface area contributed by atoms with E-state index in [9.17, 15) is 19.4 Å². The number of halogens is 1. The molecule has 3 heterocycles. The van der Waals surface area contributed by atoms with Crippen molar-refractivity contribution in [3.05, 3.63) is 66.0 Å². The van der Waals surface area contributed by atoms with E-state index in [1.165, 1.54) is 12.1 Å². The molecule has 3 N–H and O–H groups in total. The van der Waals surface area contributed by atoms with Crippen molar-refractivity contribution in [1.82, 2.24) is 9.97 Å². The van der Waals surface area contributed by atoms with Crippen molar-refractivity contribution in [2.75, 3.05) is 30.0 Å². The van der Waals surface area contributed by atoms with Gasteiger partial charge in [-0.15, -0.1) is 0 Å². The van der Waals surface area contributed by atoms with Gasteiger partial charge in [-0.3, -0.25) is 10.2 Å². The van der Waals surface area contributed by atoms with E-state index in [1.54, 1.807) is 42.2 Å². The van der Waals surface area contributed by atoms with Crippen LogP contribution in [0.2, 0.25) is 0 Å². The van der Waals surface area contributed by atoms with Crippen LogP contribution in [0.5, 0.6) is 5.88 Å². The number of fused-ring (bicyclic) bond motifs is 1. The number of ether oxygens (including phenoxy) is 1. The normalized spacial score (nSPS) is 15.5. The van der Waals surface area contributed by atoms with Crippen LogP contribution in [0.3, 0.4) is 0 Å². The fourth-order valence-electron chi connectivity index (χ4n) is 4.17. The van der Waals surface area contributed by atoms with Gasteiger partial charge in [0.25, 0.3) is 0 Å². The Labute approximate surface area is 209 Å². The number of hydrogen-bond acceptors (Lipinski definition) is 6. The molecule has 0 spiro atoms. The van der Waals surface area contributed by atoms with Crippen LogP contribution in [0, 0.1) is 17.7 Å². The van der Waals surface area contributed by atoms with Gasteiger partial charge in [-0.1, -0.05) is 38.1 Å². The average Bonchev–Trinajstić information content (AvgIpc) is 2.90. The summed E-state index contributed by atoms with van der Waals surface area (Å²) in [6, 6.07) is 14.7. The third kappa shape index (κ3) is 5.98. The number of nitrogens with one attached hydrogen (secondary N) is 1. The Morgan fingerprint density at radius 3 is 2.72 bits per heavy atom. The highest BCUT2D eigenvalue weighted by atomic mass is 19.1. The minimum absolute atomic E-state index is 0.108. The van der Waals surface area contributed by atoms with Crippen molar-refractivity contribution in [1.29, 1.82) is 0 Å². The molecule has 3 atom stereocenters. The van der Waals surface area contributed by atoms with E-state index in [1.807, 2.05) is 19.1 Å². The maximum absolute atomic E-state index is 13.7. The summed E-state index contributed by atoms with van der Waals surface area (Å²) in [5.41, 5.74) is 2.18. The molecule has 4 rings (SSSR count). The fraction of sp³-hybridized carbons (Fsp3) is 0.370. The van der Waals surface area contributed by atoms with E-state index in [-0.39, 0.29) is 36.9 Å². The van der Waals surface area contributed by atoms with Gasteiger partial charge < -0.3 is 14.9 Å². The number of aliphatic hydroxyl groups excluding tert-OH is 2. The van der Waals surface area contributed by atoms with Crippen molar-refractivity contribution in [3.8, 4) is 17.1 Å². The SMILES string of the molecule is CC(CO)C(O)C(C)COc1cccc(NC(=O)N2CCCc3ccc(-c4cccc(F)c4)nc32)n1. The first-order valence-electron chi connectivity index (χ1n) is 12.1. The second-order valence-electron chi connectivity index (χ2n) is 9.17. The predicted octanol–water partition coefficient (Wildman–Crippen LogP) is 4.27. The standard InChI is InChI=1S/C27H31FN4O4/c1-17(15-33)25(34)18(2)16-36-24-10-4-9-23(30-24)31-27(35)32-13-5-7-19-11-12-22(29-26(19)32)20-6-3-8-21(28)14-20/h3-4,6,8-12,14,17-18,25,33-34H,5,7,13,15-16H2,1-2H3,(H,30,31,35). The number of carbonyl (C=O) groups is 1. The highest BCUT2D eigenvalue weighted by Crippen LogP contribution is 2.29. The largest absolute Gasteiger partial charge is 0.477 e. The van der Waals surface area contributed by atoms with Crippen molar-refractivity contribution in [2.45, 2.75) is 32.8 Å². The van der Waals surface area contributed by atoms with Crippen LogP contribution in [0.1, 0.15) is 25.8 Å². The van der Waals surface area contributed by atoms with Gasteiger partial charge in [-0.05, 0) is 42.7 Å². The summed E-state index contributed by atoms with van der Waals surface area (Å²) in [6.07, 6.45) is 0.891. The van der Waals surface area contributed by atoms with Gasteiger partial charge in [-0.25, -0.2) is 14.2 Å². The molecule has 3 aromatic rings. The number of aliphatic hydroxyl groups is 2. The molecule has 3 unspecified atom stereocenters. The van der Waals surface area contributed by atoms with E-state index in [2.05, 4.69) is 15.3 Å². The quantitative estimate of drug-likeness (QED) is 0.432. The second kappa shape index (κ2) is 11.5. The van der Waals surface area contributed by atoms with Gasteiger partial charge in [0, 0.05) is 36.6 Å². The lowest BCUT2D eigenvalue weighted by Gasteiger charge is -2.28. The number of aryl methyl sites for hydroxylation is 1. The Kier molecular flexibility index (Phi) is 8.12. The zero-order chi connectivity index (χ0) is 25.7. The molecule has 9 heteroatoms. The fourth-order valence-corrected chi connectivity index (χ4v) is 4.17. The first-order chi connectivity index (χ1) is 17.4. The van der Waals surface area contributed by atoms with Crippen LogP contribution < -0.4 is 15.0 Å². The highest BCUT2D eigenvalue weighted by molar-refractivity contribution is 6.01. The minimum Gasteiger partial charge on any atom is -0.477 e. The van der Waals surface area contributed by atoms with Crippen LogP contribution in [0.25, 0.3) is 11.3 Å². The van der Waals surface area contributed by atoms with Crippen molar-refractivity contribution in [2.24, 2.45) is 11.8 Å². The zero-order valence-electron chi connectivity index (χ0n) is 20.4. The molecule has 1 aliphatic rings. The number of urea groups is 1. The monoisotopic (exact) mass is 494 g/mol. The van der Waals surface area contributed by atoms with Crippen molar-refractivity contribution >= 4 is 17.7 Å². The van der Waals surface area contributed by atoms with E-state index < -0.39 is 6.10 Å². The summed E-state index contributed by atoms with van der Waals surface area (Å²) < 4.78 is 19.4. The van der Waals surface area contributed by atoms with Gasteiger partial charge in [0.2, 0.25) is 5.88 Å². The molecule has 0 bridgehead atoms. The number of amides is 2. The number of benzene rings is 1. The molecule has 0 fully saturated rings. The highest BCUT2D eigenvalue weighted by Gasteiger charge is 2.25. The molecule has 1 aliphatic heterocycles. The van der Waals surface area contributed by atoms with Crippen LogP contribution in [-0.4, -0.2) is 52.1 Å². The van der Waals surface area contributed by atoms with Crippen molar-refractivity contribution < 1.29 is 24.1 Å². The number of rotatable bonds is 8. The average molecular weight is 495 g/mol. The van der Waals surface area contributed by atoms with Crippen molar-refractivity contribution in [3.63, 3.8) is 0 Å². The van der Waals surface area contributed by atoms with E-state index in [0.29, 0.717) is 35.3 Å². The Hall–Kier alpha value is -3.56. The smallest absolute Gasteiger partial charge is 0.328 e. The minimum atomic E-state index is -0.707. The third-order valence-electron chi connectivity index (χ3n) is 6.31. The number of nitrogens with zero attached hydrogens (tertiary/aromatic N) is 3. The number of anilines is 2. The third-order valence-corrected chi connectivity index (χ3v) is 6.31. The number of pyridine rings is 2. The maximum atomic E-state index is 13.7. The first kappa shape index (κ1) is 25.5. The van der Waals surface area contributed by atoms with Crippen LogP contribution in [-0.2, 0) is 6.42 Å². The van der Waals surface area contributed by atoms with E-state index in [4.69, 9.17) is 4.74 Å². The lowest BCUT2D eigenvalue weighted by molar-refractivity contribution is 0.0193. The summed E-state index contributed by atoms with van der Waals surface area (Å²) in [6.45, 7) is 4.20. The van der Waals surface area contributed by atoms with Gasteiger partial charge in [-0.2, -0.15) is 4.98 Å². The Balaban J connectivity index is 1.46. The lowest BCUT2D eigenvalue weighted by Crippen LogP contribution is -2.39. The summed E-state index contributed by atoms with van der Waals surface area (Å²) in [5, 5.41) is 22.3. The van der Waals surface area contributed by atoms with Gasteiger partial charge in [0.1, 0.15) is 17.5 Å². The number of aromatic nitrogens is 2. The maximum Gasteiger partial charge on any atom is 0.328 e. The van der Waals surface area contributed by atoms with E-state index >= 15 is 0 Å². The van der Waals surface area contributed by atoms with Crippen LogP contribution in [0.15, 0.2) is 54.6 Å². The molecule has 0 aliphatic carbocycles. The molecule has 36 heavy (non-hydrogen) atoms. The van der Waals surface area contributed by atoms with Crippen LogP contribution >= 0.6 is 0 Å². The molecule has 8 nitrogen and oxygen atoms in total. The van der Waals surface area contributed by atoms with Gasteiger partial charge >= 0.3 is 6.03 Å². The Bertz CT molecular complexity index is 1210. The van der Waals surface area contributed by atoms with Gasteiger partial charge in [0.15, 0.2) is 0 Å². The molecule has 2 amide bonds. The molecule has 1 aromatic carbocycles. The van der Waals surface area contributed by atoms with Gasteiger partial charge in [0.05, 0.1) is 18.4 Å². The number of carbonyl (C=O) groups excluding carboxylic acids is 1. The first-order valence-corrected chi connectivity index (χ1v) is 12.1. The Morgan fingerprint density at radius 1 is 1.14 bits per heavy atom. The molecule has 190 valence electrons. The zero-order valence-corrected chi connectivity index (χ0v) is 20.4. The lowest BCUT2D eigenvalue weighted by atomic mass is 9.95. The molecule has 0 saturated carbocycles. The second-order valence-corrected chi connectivity index (χ2v) is 9.17. The summed E-state index contributed by atoms with van der Waals surface area (Å²) in [5.74, 6) is 0.368. The molecular weight excluding hydrogens is 463 g/mol. The molecule has 0 radical (unpaired) electrons. The summed E-state index contributed by atoms with van der Waals surface area (Å²) >= 11 is 0. The molecule has 0 saturated heterocycles. The Morgan fingerprint density at radius 2 is 1.94 bits per heavy atom. The summed E-state index contributed by atoms with van der Waals surface area (Å²) in [7, 11) is 0.